The molecular weight excluding hydrogens is 350 g/mol. The van der Waals surface area contributed by atoms with Crippen LogP contribution in [0, 0.1) is 6.92 Å². The maximum atomic E-state index is 9.94. The third-order valence-corrected chi connectivity index (χ3v) is 4.85. The number of ether oxygens (including phenoxy) is 1. The number of hydrogen-bond acceptors (Lipinski definition) is 7. The van der Waals surface area contributed by atoms with Gasteiger partial charge in [-0.05, 0) is 18.1 Å². The highest BCUT2D eigenvalue weighted by Gasteiger charge is 2.36. The average molecular weight is 372 g/mol. The van der Waals surface area contributed by atoms with E-state index in [0.29, 0.717) is 30.0 Å². The Morgan fingerprint density at radius 2 is 2.19 bits per heavy atom. The molecule has 0 amide bonds. The lowest BCUT2D eigenvalue weighted by Crippen LogP contribution is -2.45. The topological polar surface area (TPSA) is 120 Å². The van der Waals surface area contributed by atoms with Gasteiger partial charge in [-0.1, -0.05) is 34.0 Å². The summed E-state index contributed by atoms with van der Waals surface area (Å²) in [5.41, 5.74) is 9.40. The zero-order valence-electron chi connectivity index (χ0n) is 14.9. The van der Waals surface area contributed by atoms with Crippen LogP contribution in [-0.4, -0.2) is 43.6 Å². The molecule has 1 aromatic carbocycles. The molecule has 27 heavy (non-hydrogen) atoms. The molecule has 2 aromatic heterocycles. The summed E-state index contributed by atoms with van der Waals surface area (Å²) in [5, 5.41) is 19.2. The number of aromatic nitrogens is 4. The number of hydrogen-bond donors (Lipinski definition) is 3. The molecule has 3 aromatic rings. The van der Waals surface area contributed by atoms with Crippen LogP contribution in [0.2, 0.25) is 0 Å². The smallest absolute Gasteiger partial charge is 0.289 e. The maximum Gasteiger partial charge on any atom is 0.289 e. The molecule has 1 aliphatic rings. The van der Waals surface area contributed by atoms with E-state index in [9.17, 15) is 10.2 Å². The quantitative estimate of drug-likeness (QED) is 0.534. The fourth-order valence-electron chi connectivity index (χ4n) is 3.21. The van der Waals surface area contributed by atoms with Gasteiger partial charge >= 0.3 is 0 Å². The van der Waals surface area contributed by atoms with Crippen LogP contribution in [0.4, 0.5) is 5.82 Å². The summed E-state index contributed by atoms with van der Waals surface area (Å²) in [6.45, 7) is 2.13. The van der Waals surface area contributed by atoms with Crippen LogP contribution in [0.25, 0.3) is 11.2 Å². The van der Waals surface area contributed by atoms with Crippen molar-refractivity contribution in [3.8, 4) is 0 Å². The van der Waals surface area contributed by atoms with Crippen molar-refractivity contribution >= 4 is 17.0 Å². The van der Waals surface area contributed by atoms with E-state index in [1.807, 2.05) is 31.2 Å². The third kappa shape index (κ3) is 3.20. The van der Waals surface area contributed by atoms with Gasteiger partial charge in [-0.2, -0.15) is 0 Å². The van der Waals surface area contributed by atoms with Gasteiger partial charge < -0.3 is 25.5 Å². The van der Waals surface area contributed by atoms with Crippen molar-refractivity contribution in [3.05, 3.63) is 48.0 Å². The summed E-state index contributed by atoms with van der Waals surface area (Å²) in [4.78, 5) is 14.5. The number of imidazole rings is 1. The first-order valence-electron chi connectivity index (χ1n) is 8.73. The van der Waals surface area contributed by atoms with Gasteiger partial charge in [-0.3, -0.25) is 4.57 Å². The molecular formula is C18H22N5O4+. The molecule has 4 rings (SSSR count). The van der Waals surface area contributed by atoms with E-state index in [1.54, 1.807) is 10.9 Å². The van der Waals surface area contributed by atoms with Crippen LogP contribution in [0.15, 0.2) is 36.9 Å². The minimum absolute atomic E-state index is 0.243. The Bertz CT molecular complexity index is 960. The molecule has 0 saturated carbocycles. The number of nitrogens with zero attached hydrogens (tertiary/aromatic N) is 4. The van der Waals surface area contributed by atoms with E-state index in [0.717, 1.165) is 11.1 Å². The highest BCUT2D eigenvalue weighted by Crippen LogP contribution is 2.30. The largest absolute Gasteiger partial charge is 0.394 e. The van der Waals surface area contributed by atoms with Gasteiger partial charge in [0, 0.05) is 6.42 Å². The number of nitrogen functional groups attached to an aromatic ring is 1. The van der Waals surface area contributed by atoms with Crippen molar-refractivity contribution in [2.75, 3.05) is 12.3 Å². The average Bonchev–Trinajstić information content (AvgIpc) is 3.26. The molecule has 0 bridgehead atoms. The molecule has 0 radical (unpaired) electrons. The first-order chi connectivity index (χ1) is 13.1. The summed E-state index contributed by atoms with van der Waals surface area (Å²) in [5.74, 6) is 0.324. The minimum atomic E-state index is -0.735. The van der Waals surface area contributed by atoms with Gasteiger partial charge in [-0.15, -0.1) is 0 Å². The number of aliphatic hydroxyl groups is 2. The molecule has 4 N–H and O–H groups in total. The van der Waals surface area contributed by atoms with E-state index < -0.39 is 18.4 Å². The number of anilines is 1. The van der Waals surface area contributed by atoms with Crippen LogP contribution in [0.5, 0.6) is 0 Å². The zero-order valence-corrected chi connectivity index (χ0v) is 14.9. The second-order valence-electron chi connectivity index (χ2n) is 6.59. The van der Waals surface area contributed by atoms with Gasteiger partial charge in [0.2, 0.25) is 11.2 Å². The van der Waals surface area contributed by atoms with Crippen molar-refractivity contribution < 1.29 is 24.5 Å². The van der Waals surface area contributed by atoms with E-state index >= 15 is 0 Å². The first-order valence-corrected chi connectivity index (χ1v) is 8.73. The summed E-state index contributed by atoms with van der Waals surface area (Å²) in [6.07, 6.45) is 1.59. The molecule has 0 aliphatic carbocycles. The third-order valence-electron chi connectivity index (χ3n) is 4.85. The molecule has 0 spiro atoms. The van der Waals surface area contributed by atoms with Crippen LogP contribution in [-0.2, 0) is 11.3 Å². The Labute approximate surface area is 155 Å². The summed E-state index contributed by atoms with van der Waals surface area (Å²) in [6, 6.07) is 7.95. The van der Waals surface area contributed by atoms with E-state index in [1.165, 1.54) is 11.1 Å². The van der Waals surface area contributed by atoms with Crippen LogP contribution in [0.3, 0.4) is 0 Å². The molecule has 1 aliphatic heterocycles. The minimum Gasteiger partial charge on any atom is -0.394 e. The highest BCUT2D eigenvalue weighted by atomic mass is 16.7. The van der Waals surface area contributed by atoms with Crippen molar-refractivity contribution in [2.24, 2.45) is 0 Å². The molecule has 9 heteroatoms. The van der Waals surface area contributed by atoms with Crippen molar-refractivity contribution in [3.63, 3.8) is 0 Å². The monoisotopic (exact) mass is 372 g/mol. The van der Waals surface area contributed by atoms with Crippen molar-refractivity contribution in [1.29, 1.82) is 0 Å². The van der Waals surface area contributed by atoms with Crippen LogP contribution < -0.4 is 15.3 Å². The molecule has 9 nitrogen and oxygen atoms in total. The zero-order chi connectivity index (χ0) is 19.0. The van der Waals surface area contributed by atoms with Crippen LogP contribution >= 0.6 is 0 Å². The lowest BCUT2D eigenvalue weighted by Gasteiger charge is -2.12. The fraction of sp³-hybridized carbons (Fsp3) is 0.389. The van der Waals surface area contributed by atoms with Crippen LogP contribution in [0.1, 0.15) is 23.8 Å². The maximum absolute atomic E-state index is 9.94. The SMILES string of the molecule is Cc1ccccc1CO[n+]1cnc2c(ncn2[C@H]2C[C@H](O)[C@@H](CO)O2)c1N. The van der Waals surface area contributed by atoms with E-state index in [2.05, 4.69) is 9.97 Å². The Kier molecular flexibility index (Phi) is 4.65. The van der Waals surface area contributed by atoms with Crippen molar-refractivity contribution in [2.45, 2.75) is 38.4 Å². The lowest BCUT2D eigenvalue weighted by atomic mass is 10.1. The van der Waals surface area contributed by atoms with Gasteiger partial charge in [0.25, 0.3) is 12.1 Å². The van der Waals surface area contributed by atoms with Gasteiger partial charge in [-0.25, -0.2) is 4.98 Å². The number of benzene rings is 1. The molecule has 142 valence electrons. The predicted octanol–water partition coefficient (Wildman–Crippen LogP) is -0.121. The highest BCUT2D eigenvalue weighted by molar-refractivity contribution is 5.79. The Morgan fingerprint density at radius 3 is 2.93 bits per heavy atom. The summed E-state index contributed by atoms with van der Waals surface area (Å²) < 4.78 is 8.77. The normalized spacial score (nSPS) is 22.4. The summed E-state index contributed by atoms with van der Waals surface area (Å²) in [7, 11) is 0. The number of aryl methyl sites for hydroxylation is 1. The molecule has 1 fully saturated rings. The number of nitrogens with two attached hydrogens (primary N) is 1. The van der Waals surface area contributed by atoms with Gasteiger partial charge in [0.05, 0.1) is 12.7 Å². The van der Waals surface area contributed by atoms with Gasteiger partial charge in [0.15, 0.2) is 6.61 Å². The van der Waals surface area contributed by atoms with Crippen molar-refractivity contribution in [1.82, 2.24) is 14.5 Å². The van der Waals surface area contributed by atoms with E-state index in [4.69, 9.17) is 15.3 Å². The second-order valence-corrected chi connectivity index (χ2v) is 6.59. The Hall–Kier alpha value is -2.75. The first kappa shape index (κ1) is 17.7. The second kappa shape index (κ2) is 7.10. The number of rotatable bonds is 5. The Balaban J connectivity index is 1.58. The van der Waals surface area contributed by atoms with E-state index in [-0.39, 0.29) is 6.61 Å². The fourth-order valence-corrected chi connectivity index (χ4v) is 3.21. The number of fused-ring (bicyclic) bond motifs is 1. The summed E-state index contributed by atoms with van der Waals surface area (Å²) >= 11 is 0. The molecule has 0 unspecified atom stereocenters. The lowest BCUT2D eigenvalue weighted by molar-refractivity contribution is -0.885. The predicted molar refractivity (Wildman–Crippen MR) is 95.2 cm³/mol. The number of aliphatic hydroxyl groups excluding tert-OH is 2. The standard InChI is InChI=1S/C18H21N5O4/c1-11-4-2-3-5-12(11)8-26-23-10-21-18-16(17(23)19)20-9-22(18)15-6-13(25)14(7-24)27-15/h2-5,9-10,13-15,19,24-25H,6-8H2,1H3/p+1/t13-,14+,15+/m0/s1. The molecule has 1 saturated heterocycles. The molecule has 3 atom stereocenters. The Morgan fingerprint density at radius 1 is 1.37 bits per heavy atom. The van der Waals surface area contributed by atoms with Gasteiger partial charge in [0.1, 0.15) is 18.7 Å². The molecule has 3 heterocycles.